The number of aromatic nitrogens is 2. The van der Waals surface area contributed by atoms with E-state index in [9.17, 15) is 8.78 Å². The minimum atomic E-state index is -2.57. The molecular formula is C15H15BrF2N4. The zero-order valence-corrected chi connectivity index (χ0v) is 13.4. The summed E-state index contributed by atoms with van der Waals surface area (Å²) in [6.07, 6.45) is -1.36. The molecule has 1 aliphatic rings. The zero-order valence-electron chi connectivity index (χ0n) is 11.8. The van der Waals surface area contributed by atoms with Gasteiger partial charge in [0.1, 0.15) is 17.8 Å². The molecule has 3 rings (SSSR count). The normalized spacial score (nSPS) is 15.5. The summed E-state index contributed by atoms with van der Waals surface area (Å²) in [5.74, 6) is 0.569. The Labute approximate surface area is 135 Å². The van der Waals surface area contributed by atoms with Gasteiger partial charge in [0.15, 0.2) is 0 Å². The molecule has 0 aliphatic carbocycles. The molecule has 0 amide bonds. The highest BCUT2D eigenvalue weighted by Crippen LogP contribution is 2.24. The fourth-order valence-electron chi connectivity index (χ4n) is 2.52. The summed E-state index contributed by atoms with van der Waals surface area (Å²) in [5.41, 5.74) is 0.935. The van der Waals surface area contributed by atoms with Crippen LogP contribution in [-0.4, -0.2) is 36.1 Å². The second-order valence-corrected chi connectivity index (χ2v) is 5.97. The first-order chi connectivity index (χ1) is 10.6. The third-order valence-electron chi connectivity index (χ3n) is 3.67. The largest absolute Gasteiger partial charge is 0.368 e. The fraction of sp³-hybridized carbons (Fsp3) is 0.333. The second-order valence-electron chi connectivity index (χ2n) is 5.06. The number of nitrogens with zero attached hydrogens (tertiary/aromatic N) is 4. The van der Waals surface area contributed by atoms with Crippen LogP contribution in [0.1, 0.15) is 12.1 Å². The Morgan fingerprint density at radius 1 is 1.00 bits per heavy atom. The smallest absolute Gasteiger partial charge is 0.280 e. The number of hydrogen-bond acceptors (Lipinski definition) is 4. The topological polar surface area (TPSA) is 32.3 Å². The first-order valence-corrected chi connectivity index (χ1v) is 7.78. The second kappa shape index (κ2) is 6.56. The van der Waals surface area contributed by atoms with Gasteiger partial charge in [0.2, 0.25) is 0 Å². The lowest BCUT2D eigenvalue weighted by molar-refractivity contribution is 0.146. The van der Waals surface area contributed by atoms with Gasteiger partial charge in [-0.05, 0) is 18.2 Å². The van der Waals surface area contributed by atoms with Gasteiger partial charge in [0, 0.05) is 42.4 Å². The first-order valence-electron chi connectivity index (χ1n) is 6.99. The molecule has 116 valence electrons. The van der Waals surface area contributed by atoms with Crippen molar-refractivity contribution in [1.82, 2.24) is 9.97 Å². The summed E-state index contributed by atoms with van der Waals surface area (Å²) in [5, 5.41) is 0. The van der Waals surface area contributed by atoms with Crippen LogP contribution in [-0.2, 0) is 0 Å². The van der Waals surface area contributed by atoms with Crippen LogP contribution >= 0.6 is 15.9 Å². The lowest BCUT2D eigenvalue weighted by Gasteiger charge is -2.36. The number of alkyl halides is 2. The molecule has 0 bridgehead atoms. The first kappa shape index (κ1) is 15.1. The van der Waals surface area contributed by atoms with E-state index in [1.54, 1.807) is 0 Å². The number of anilines is 2. The third kappa shape index (κ3) is 3.35. The third-order valence-corrected chi connectivity index (χ3v) is 4.17. The van der Waals surface area contributed by atoms with Crippen molar-refractivity contribution < 1.29 is 8.78 Å². The summed E-state index contributed by atoms with van der Waals surface area (Å²) in [4.78, 5) is 12.0. The number of rotatable bonds is 3. The van der Waals surface area contributed by atoms with E-state index < -0.39 is 6.43 Å². The van der Waals surface area contributed by atoms with Crippen LogP contribution in [0.3, 0.4) is 0 Å². The van der Waals surface area contributed by atoms with E-state index >= 15 is 0 Å². The Bertz CT molecular complexity index is 645. The molecule has 0 unspecified atom stereocenters. The molecule has 2 aromatic rings. The van der Waals surface area contributed by atoms with Crippen LogP contribution in [0.25, 0.3) is 0 Å². The van der Waals surface area contributed by atoms with Crippen LogP contribution in [0.5, 0.6) is 0 Å². The highest BCUT2D eigenvalue weighted by molar-refractivity contribution is 9.10. The Hall–Kier alpha value is -1.76. The number of piperazine rings is 1. The highest BCUT2D eigenvalue weighted by Gasteiger charge is 2.20. The molecule has 4 nitrogen and oxygen atoms in total. The molecular weight excluding hydrogens is 354 g/mol. The maximum Gasteiger partial charge on any atom is 0.280 e. The average Bonchev–Trinajstić information content (AvgIpc) is 2.55. The predicted octanol–water partition coefficient (Wildman–Crippen LogP) is 3.50. The number of hydrogen-bond donors (Lipinski definition) is 0. The van der Waals surface area contributed by atoms with Crippen LogP contribution in [0.4, 0.5) is 20.3 Å². The Morgan fingerprint density at radius 3 is 2.41 bits per heavy atom. The molecule has 0 N–H and O–H groups in total. The minimum absolute atomic E-state index is 0.223. The van der Waals surface area contributed by atoms with Gasteiger partial charge in [-0.25, -0.2) is 18.7 Å². The van der Waals surface area contributed by atoms with Gasteiger partial charge in [-0.15, -0.1) is 0 Å². The minimum Gasteiger partial charge on any atom is -0.368 e. The van der Waals surface area contributed by atoms with E-state index in [1.807, 2.05) is 17.0 Å². The van der Waals surface area contributed by atoms with Gasteiger partial charge in [-0.1, -0.05) is 22.0 Å². The molecule has 1 saturated heterocycles. The van der Waals surface area contributed by atoms with Crippen LogP contribution in [0.2, 0.25) is 0 Å². The van der Waals surface area contributed by atoms with Crippen molar-refractivity contribution in [3.8, 4) is 0 Å². The van der Waals surface area contributed by atoms with Crippen molar-refractivity contribution in [3.63, 3.8) is 0 Å². The van der Waals surface area contributed by atoms with E-state index in [4.69, 9.17) is 0 Å². The van der Waals surface area contributed by atoms with Crippen LogP contribution < -0.4 is 9.80 Å². The molecule has 22 heavy (non-hydrogen) atoms. The van der Waals surface area contributed by atoms with Crippen molar-refractivity contribution >= 4 is 27.4 Å². The summed E-state index contributed by atoms with van der Waals surface area (Å²) < 4.78 is 26.5. The lowest BCUT2D eigenvalue weighted by atomic mass is 10.2. The van der Waals surface area contributed by atoms with Gasteiger partial charge < -0.3 is 9.80 Å². The van der Waals surface area contributed by atoms with Crippen LogP contribution in [0, 0.1) is 0 Å². The van der Waals surface area contributed by atoms with Crippen molar-refractivity contribution in [2.45, 2.75) is 6.43 Å². The Balaban J connectivity index is 1.68. The van der Waals surface area contributed by atoms with Crippen molar-refractivity contribution in [2.24, 2.45) is 0 Å². The van der Waals surface area contributed by atoms with Gasteiger partial charge >= 0.3 is 0 Å². The fourth-order valence-corrected chi connectivity index (χ4v) is 2.91. The average molecular weight is 369 g/mol. The molecule has 1 fully saturated rings. The molecule has 2 heterocycles. The Morgan fingerprint density at radius 2 is 1.73 bits per heavy atom. The summed E-state index contributed by atoms with van der Waals surface area (Å²) in [7, 11) is 0. The molecule has 0 saturated carbocycles. The maximum atomic E-state index is 12.7. The summed E-state index contributed by atoms with van der Waals surface area (Å²) in [6.45, 7) is 3.13. The van der Waals surface area contributed by atoms with Crippen molar-refractivity contribution in [3.05, 3.63) is 46.8 Å². The maximum absolute atomic E-state index is 12.7. The van der Waals surface area contributed by atoms with E-state index in [2.05, 4.69) is 42.9 Å². The zero-order chi connectivity index (χ0) is 15.5. The van der Waals surface area contributed by atoms with Crippen molar-refractivity contribution in [2.75, 3.05) is 36.0 Å². The molecule has 0 spiro atoms. The summed E-state index contributed by atoms with van der Waals surface area (Å²) >= 11 is 3.47. The van der Waals surface area contributed by atoms with Gasteiger partial charge in [0.25, 0.3) is 6.43 Å². The molecule has 0 atom stereocenters. The standard InChI is InChI=1S/C15H15BrF2N4/c16-11-2-1-3-12(8-11)21-4-6-22(7-5-21)14-9-13(15(17)18)19-10-20-14/h1-3,8-10,15H,4-7H2. The van der Waals surface area contributed by atoms with Crippen LogP contribution in [0.15, 0.2) is 41.1 Å². The highest BCUT2D eigenvalue weighted by atomic mass is 79.9. The molecule has 1 aliphatic heterocycles. The number of halogens is 3. The molecule has 7 heteroatoms. The van der Waals surface area contributed by atoms with Gasteiger partial charge in [-0.3, -0.25) is 0 Å². The number of benzene rings is 1. The van der Waals surface area contributed by atoms with E-state index in [-0.39, 0.29) is 5.69 Å². The molecule has 0 radical (unpaired) electrons. The van der Waals surface area contributed by atoms with E-state index in [1.165, 1.54) is 12.4 Å². The van der Waals surface area contributed by atoms with E-state index in [0.717, 1.165) is 36.3 Å². The summed E-state index contributed by atoms with van der Waals surface area (Å²) in [6, 6.07) is 9.52. The molecule has 1 aromatic carbocycles. The Kier molecular flexibility index (Phi) is 4.52. The monoisotopic (exact) mass is 368 g/mol. The molecule has 1 aromatic heterocycles. The predicted molar refractivity (Wildman–Crippen MR) is 85.6 cm³/mol. The quantitative estimate of drug-likeness (QED) is 0.829. The van der Waals surface area contributed by atoms with E-state index in [0.29, 0.717) is 5.82 Å². The van der Waals surface area contributed by atoms with Crippen molar-refractivity contribution in [1.29, 1.82) is 0 Å². The van der Waals surface area contributed by atoms with Gasteiger partial charge in [0.05, 0.1) is 0 Å². The van der Waals surface area contributed by atoms with Gasteiger partial charge in [-0.2, -0.15) is 0 Å². The lowest BCUT2D eigenvalue weighted by Crippen LogP contribution is -2.46. The SMILES string of the molecule is FC(F)c1cc(N2CCN(c3cccc(Br)c3)CC2)ncn1.